The van der Waals surface area contributed by atoms with Crippen LogP contribution >= 0.6 is 0 Å². The van der Waals surface area contributed by atoms with Crippen molar-refractivity contribution in [2.75, 3.05) is 39.5 Å². The largest absolute Gasteiger partial charge is 0.494 e. The van der Waals surface area contributed by atoms with E-state index < -0.39 is 0 Å². The van der Waals surface area contributed by atoms with Crippen molar-refractivity contribution in [2.45, 2.75) is 12.8 Å². The van der Waals surface area contributed by atoms with E-state index in [-0.39, 0.29) is 13.2 Å². The zero-order chi connectivity index (χ0) is 20.0. The number of nitrogens with zero attached hydrogens (tertiary/aromatic N) is 4. The van der Waals surface area contributed by atoms with Crippen LogP contribution in [-0.4, -0.2) is 54.6 Å². The highest BCUT2D eigenvalue weighted by Crippen LogP contribution is 2.21. The quantitative estimate of drug-likeness (QED) is 0.433. The van der Waals surface area contributed by atoms with Gasteiger partial charge in [0, 0.05) is 13.1 Å². The number of azo groups is 1. The van der Waals surface area contributed by atoms with Crippen molar-refractivity contribution in [1.82, 2.24) is 4.90 Å². The van der Waals surface area contributed by atoms with E-state index in [0.29, 0.717) is 30.9 Å². The summed E-state index contributed by atoms with van der Waals surface area (Å²) in [7, 11) is 0. The number of nitriles is 1. The molecular formula is C21H26N4O3. The Labute approximate surface area is 165 Å². The van der Waals surface area contributed by atoms with E-state index in [1.54, 1.807) is 24.3 Å². The molecule has 2 N–H and O–H groups in total. The SMILES string of the molecule is N#Cc1ccc(N=Nc2ccc(OCCCCN(CCO)CCO)cc2)cc1. The molecule has 0 unspecified atom stereocenters. The number of unbranched alkanes of at least 4 members (excludes halogenated alkanes) is 1. The fourth-order valence-electron chi connectivity index (χ4n) is 2.57. The van der Waals surface area contributed by atoms with Gasteiger partial charge in [0.1, 0.15) is 5.75 Å². The van der Waals surface area contributed by atoms with Crippen LogP contribution < -0.4 is 4.74 Å². The Morgan fingerprint density at radius 1 is 0.821 bits per heavy atom. The number of hydrogen-bond donors (Lipinski definition) is 2. The van der Waals surface area contributed by atoms with Crippen LogP contribution in [0.5, 0.6) is 5.75 Å². The van der Waals surface area contributed by atoms with Crippen molar-refractivity contribution in [3.8, 4) is 11.8 Å². The molecule has 28 heavy (non-hydrogen) atoms. The fraction of sp³-hybridized carbons (Fsp3) is 0.381. The van der Waals surface area contributed by atoms with Gasteiger partial charge < -0.3 is 14.9 Å². The van der Waals surface area contributed by atoms with Gasteiger partial charge in [0.2, 0.25) is 0 Å². The smallest absolute Gasteiger partial charge is 0.119 e. The van der Waals surface area contributed by atoms with Crippen LogP contribution in [0, 0.1) is 11.3 Å². The van der Waals surface area contributed by atoms with E-state index in [1.807, 2.05) is 29.2 Å². The lowest BCUT2D eigenvalue weighted by Crippen LogP contribution is -2.31. The van der Waals surface area contributed by atoms with Crippen molar-refractivity contribution in [3.63, 3.8) is 0 Å². The molecule has 2 rings (SSSR count). The molecule has 0 fully saturated rings. The molecule has 0 radical (unpaired) electrons. The molecule has 0 aromatic heterocycles. The monoisotopic (exact) mass is 382 g/mol. The third-order valence-electron chi connectivity index (χ3n) is 4.08. The Hall–Kier alpha value is -2.79. The van der Waals surface area contributed by atoms with Gasteiger partial charge in [-0.05, 0) is 67.9 Å². The van der Waals surface area contributed by atoms with Crippen molar-refractivity contribution in [1.29, 1.82) is 5.26 Å². The van der Waals surface area contributed by atoms with Crippen molar-refractivity contribution < 1.29 is 14.9 Å². The van der Waals surface area contributed by atoms with E-state index in [4.69, 9.17) is 20.2 Å². The number of ether oxygens (including phenoxy) is 1. The molecule has 0 saturated carbocycles. The van der Waals surface area contributed by atoms with Gasteiger partial charge in [0.05, 0.1) is 42.8 Å². The van der Waals surface area contributed by atoms with Gasteiger partial charge in [-0.1, -0.05) is 0 Å². The molecular weight excluding hydrogens is 356 g/mol. The summed E-state index contributed by atoms with van der Waals surface area (Å²) in [6, 6.07) is 16.4. The first-order chi connectivity index (χ1) is 13.7. The Balaban J connectivity index is 1.72. The molecule has 7 heteroatoms. The molecule has 0 aliphatic carbocycles. The number of rotatable bonds is 12. The maximum atomic E-state index is 8.99. The summed E-state index contributed by atoms with van der Waals surface area (Å²) in [5.74, 6) is 0.778. The minimum absolute atomic E-state index is 0.103. The van der Waals surface area contributed by atoms with Gasteiger partial charge in [-0.2, -0.15) is 15.5 Å². The third kappa shape index (κ3) is 7.84. The Bertz CT molecular complexity index is 749. The molecule has 0 bridgehead atoms. The highest BCUT2D eigenvalue weighted by Gasteiger charge is 2.03. The van der Waals surface area contributed by atoms with Crippen LogP contribution in [0.25, 0.3) is 0 Å². The van der Waals surface area contributed by atoms with Crippen LogP contribution in [0.3, 0.4) is 0 Å². The minimum Gasteiger partial charge on any atom is -0.494 e. The minimum atomic E-state index is 0.103. The van der Waals surface area contributed by atoms with Crippen LogP contribution in [0.4, 0.5) is 11.4 Å². The maximum absolute atomic E-state index is 8.99. The number of benzene rings is 2. The second-order valence-corrected chi connectivity index (χ2v) is 6.20. The van der Waals surface area contributed by atoms with Gasteiger partial charge >= 0.3 is 0 Å². The lowest BCUT2D eigenvalue weighted by atomic mass is 10.2. The zero-order valence-electron chi connectivity index (χ0n) is 15.9. The first-order valence-corrected chi connectivity index (χ1v) is 9.34. The van der Waals surface area contributed by atoms with Gasteiger partial charge in [-0.25, -0.2) is 0 Å². The van der Waals surface area contributed by atoms with Crippen LogP contribution in [0.15, 0.2) is 58.8 Å². The lowest BCUT2D eigenvalue weighted by Gasteiger charge is -2.19. The fourth-order valence-corrected chi connectivity index (χ4v) is 2.57. The summed E-state index contributed by atoms with van der Waals surface area (Å²) in [5.41, 5.74) is 2.01. The second kappa shape index (κ2) is 12.6. The Morgan fingerprint density at radius 3 is 1.93 bits per heavy atom. The summed E-state index contributed by atoms with van der Waals surface area (Å²) >= 11 is 0. The number of aliphatic hydroxyl groups excluding tert-OH is 2. The van der Waals surface area contributed by atoms with Crippen molar-refractivity contribution in [2.24, 2.45) is 10.2 Å². The Kier molecular flexibility index (Phi) is 9.66. The van der Waals surface area contributed by atoms with Gasteiger partial charge in [0.15, 0.2) is 0 Å². The number of aliphatic hydroxyl groups is 2. The molecule has 148 valence electrons. The van der Waals surface area contributed by atoms with E-state index in [1.165, 1.54) is 0 Å². The average Bonchev–Trinajstić information content (AvgIpc) is 2.73. The first kappa shape index (κ1) is 21.5. The predicted molar refractivity (Wildman–Crippen MR) is 107 cm³/mol. The van der Waals surface area contributed by atoms with E-state index >= 15 is 0 Å². The lowest BCUT2D eigenvalue weighted by molar-refractivity contribution is 0.157. The van der Waals surface area contributed by atoms with E-state index in [2.05, 4.69) is 16.3 Å². The van der Waals surface area contributed by atoms with Gasteiger partial charge in [-0.15, -0.1) is 0 Å². The topological polar surface area (TPSA) is 101 Å². The van der Waals surface area contributed by atoms with Crippen LogP contribution in [0.1, 0.15) is 18.4 Å². The van der Waals surface area contributed by atoms with Gasteiger partial charge in [-0.3, -0.25) is 4.90 Å². The highest BCUT2D eigenvalue weighted by molar-refractivity contribution is 5.44. The molecule has 0 heterocycles. The maximum Gasteiger partial charge on any atom is 0.119 e. The molecule has 0 atom stereocenters. The van der Waals surface area contributed by atoms with E-state index in [0.717, 1.165) is 30.8 Å². The molecule has 0 spiro atoms. The van der Waals surface area contributed by atoms with Crippen molar-refractivity contribution >= 4 is 11.4 Å². The third-order valence-corrected chi connectivity index (χ3v) is 4.08. The molecule has 2 aromatic rings. The second-order valence-electron chi connectivity index (χ2n) is 6.20. The molecule has 0 amide bonds. The van der Waals surface area contributed by atoms with Gasteiger partial charge in [0.25, 0.3) is 0 Å². The Morgan fingerprint density at radius 2 is 1.39 bits per heavy atom. The molecule has 0 aliphatic rings. The summed E-state index contributed by atoms with van der Waals surface area (Å²) < 4.78 is 5.73. The normalized spacial score (nSPS) is 11.1. The van der Waals surface area contributed by atoms with E-state index in [9.17, 15) is 0 Å². The molecule has 7 nitrogen and oxygen atoms in total. The summed E-state index contributed by atoms with van der Waals surface area (Å²) in [6.45, 7) is 2.81. The molecule has 0 aliphatic heterocycles. The summed E-state index contributed by atoms with van der Waals surface area (Å²) in [5, 5.41) is 35.1. The summed E-state index contributed by atoms with van der Waals surface area (Å²) in [4.78, 5) is 2.04. The summed E-state index contributed by atoms with van der Waals surface area (Å²) in [6.07, 6.45) is 1.84. The predicted octanol–water partition coefficient (Wildman–Crippen LogP) is 3.42. The highest BCUT2D eigenvalue weighted by atomic mass is 16.5. The van der Waals surface area contributed by atoms with Crippen LogP contribution in [-0.2, 0) is 0 Å². The standard InChI is InChI=1S/C21H26N4O3/c22-17-18-3-5-19(6-4-18)23-24-20-7-9-21(10-8-20)28-16-2-1-11-25(12-14-26)13-15-27/h3-10,26-27H,1-2,11-16H2. The molecule has 2 aromatic carbocycles. The zero-order valence-corrected chi connectivity index (χ0v) is 15.9. The average molecular weight is 382 g/mol. The number of hydrogen-bond acceptors (Lipinski definition) is 7. The van der Waals surface area contributed by atoms with Crippen LogP contribution in [0.2, 0.25) is 0 Å². The van der Waals surface area contributed by atoms with Crippen molar-refractivity contribution in [3.05, 3.63) is 54.1 Å². The first-order valence-electron chi connectivity index (χ1n) is 9.34. The molecule has 0 saturated heterocycles.